The van der Waals surface area contributed by atoms with Gasteiger partial charge in [-0.3, -0.25) is 0 Å². The van der Waals surface area contributed by atoms with E-state index in [0.29, 0.717) is 0 Å². The topological polar surface area (TPSA) is 0 Å². The molecule has 0 unspecified atom stereocenters. The highest BCUT2D eigenvalue weighted by molar-refractivity contribution is 7.98. The fraction of sp³-hybridized carbons (Fsp3) is 1.00. The predicted molar refractivity (Wildman–Crippen MR) is 30.6 cm³/mol. The molecule has 5 heavy (non-hydrogen) atoms. The predicted octanol–water partition coefficient (Wildman–Crippen LogP) is 0.896. The third-order valence-electron chi connectivity index (χ3n) is 0.287. The quantitative estimate of drug-likeness (QED) is 0.481. The van der Waals surface area contributed by atoms with E-state index in [1.165, 1.54) is 0 Å². The van der Waals surface area contributed by atoms with Crippen LogP contribution in [-0.4, -0.2) is 17.8 Å². The number of thioether (sulfide) groups is 1. The largest absolute Gasteiger partial charge is 0.792 e. The van der Waals surface area contributed by atoms with Gasteiger partial charge in [-0.05, 0) is 12.0 Å². The van der Waals surface area contributed by atoms with Crippen molar-refractivity contribution in [2.45, 2.75) is 0 Å². The molecule has 0 atom stereocenters. The van der Waals surface area contributed by atoms with Crippen molar-refractivity contribution in [1.29, 1.82) is 0 Å². The van der Waals surface area contributed by atoms with Crippen molar-refractivity contribution >= 4 is 24.4 Å². The molecular weight excluding hydrogens is 100 g/mol. The van der Waals surface area contributed by atoms with E-state index >= 15 is 0 Å². The fourth-order valence-corrected chi connectivity index (χ4v) is 0.750. The van der Waals surface area contributed by atoms with E-state index < -0.39 is 0 Å². The van der Waals surface area contributed by atoms with Crippen LogP contribution >= 0.6 is 11.8 Å². The molecule has 0 radical (unpaired) electrons. The number of hydrogen-bond acceptors (Lipinski definition) is 2. The highest BCUT2D eigenvalue weighted by atomic mass is 32.2. The Morgan fingerprint density at radius 1 is 1.80 bits per heavy atom. The van der Waals surface area contributed by atoms with Crippen molar-refractivity contribution in [3.8, 4) is 0 Å². The molecule has 0 N–H and O–H groups in total. The first-order valence-electron chi connectivity index (χ1n) is 1.49. The summed E-state index contributed by atoms with van der Waals surface area (Å²) in [6.07, 6.45) is 2.06. The standard InChI is InChI=1S/C3H8S2/c1-5-3-2-4/h4H,2-3H2,1H3/p-1. The Hall–Kier alpha value is 0.700. The molecule has 0 rings (SSSR count). The summed E-state index contributed by atoms with van der Waals surface area (Å²) in [7, 11) is 0. The highest BCUT2D eigenvalue weighted by Gasteiger charge is 1.60. The molecule has 0 saturated heterocycles. The molecule has 0 spiro atoms. The van der Waals surface area contributed by atoms with Crippen LogP contribution in [0.5, 0.6) is 0 Å². The van der Waals surface area contributed by atoms with Gasteiger partial charge in [0.15, 0.2) is 0 Å². The van der Waals surface area contributed by atoms with Crippen molar-refractivity contribution in [1.82, 2.24) is 0 Å². The van der Waals surface area contributed by atoms with Crippen molar-refractivity contribution in [2.75, 3.05) is 17.8 Å². The minimum Gasteiger partial charge on any atom is -0.792 e. The van der Waals surface area contributed by atoms with Gasteiger partial charge in [0.05, 0.1) is 0 Å². The van der Waals surface area contributed by atoms with E-state index in [2.05, 4.69) is 18.9 Å². The summed E-state index contributed by atoms with van der Waals surface area (Å²) in [5.74, 6) is 2.01. The highest BCUT2D eigenvalue weighted by Crippen LogP contribution is 1.85. The minimum absolute atomic E-state index is 0.890. The van der Waals surface area contributed by atoms with Gasteiger partial charge in [-0.1, -0.05) is 0 Å². The number of rotatable bonds is 2. The van der Waals surface area contributed by atoms with Crippen LogP contribution in [0.1, 0.15) is 0 Å². The molecule has 2 heteroatoms. The lowest BCUT2D eigenvalue weighted by Crippen LogP contribution is -1.77. The zero-order valence-electron chi connectivity index (χ0n) is 3.23. The molecule has 0 fully saturated rings. The van der Waals surface area contributed by atoms with E-state index in [1.807, 2.05) is 0 Å². The molecule has 0 aliphatic rings. The maximum Gasteiger partial charge on any atom is -0.0185 e. The Balaban J connectivity index is 2.19. The first-order valence-corrected chi connectivity index (χ1v) is 3.46. The van der Waals surface area contributed by atoms with Gasteiger partial charge in [0.1, 0.15) is 0 Å². The van der Waals surface area contributed by atoms with E-state index in [-0.39, 0.29) is 0 Å². The average molecular weight is 107 g/mol. The zero-order valence-corrected chi connectivity index (χ0v) is 4.86. The van der Waals surface area contributed by atoms with Gasteiger partial charge in [0.2, 0.25) is 0 Å². The third kappa shape index (κ3) is 4.70. The fourth-order valence-electron chi connectivity index (χ4n) is 0.0833. The van der Waals surface area contributed by atoms with Gasteiger partial charge >= 0.3 is 0 Å². The molecule has 0 amide bonds. The Morgan fingerprint density at radius 2 is 2.40 bits per heavy atom. The summed E-state index contributed by atoms with van der Waals surface area (Å²) >= 11 is 6.43. The van der Waals surface area contributed by atoms with Crippen molar-refractivity contribution < 1.29 is 0 Å². The first-order chi connectivity index (χ1) is 2.41. The van der Waals surface area contributed by atoms with Crippen LogP contribution < -0.4 is 0 Å². The SMILES string of the molecule is CSCC[S-]. The van der Waals surface area contributed by atoms with Gasteiger partial charge in [0.25, 0.3) is 0 Å². The van der Waals surface area contributed by atoms with E-state index in [1.54, 1.807) is 11.8 Å². The summed E-state index contributed by atoms with van der Waals surface area (Å²) in [6.45, 7) is 0. The molecule has 0 aromatic carbocycles. The van der Waals surface area contributed by atoms with E-state index in [9.17, 15) is 0 Å². The number of hydrogen-bond donors (Lipinski definition) is 0. The monoisotopic (exact) mass is 107 g/mol. The Kier molecular flexibility index (Phi) is 5.36. The molecule has 0 saturated carbocycles. The zero-order chi connectivity index (χ0) is 4.12. The van der Waals surface area contributed by atoms with E-state index in [0.717, 1.165) is 11.5 Å². The molecule has 0 bridgehead atoms. The van der Waals surface area contributed by atoms with Gasteiger partial charge in [-0.25, -0.2) is 0 Å². The van der Waals surface area contributed by atoms with Crippen molar-refractivity contribution in [3.63, 3.8) is 0 Å². The molecule has 32 valence electrons. The van der Waals surface area contributed by atoms with Crippen LogP contribution in [0.25, 0.3) is 0 Å². The van der Waals surface area contributed by atoms with Crippen LogP contribution in [0.4, 0.5) is 0 Å². The molecule has 0 aliphatic heterocycles. The Morgan fingerprint density at radius 3 is 2.40 bits per heavy atom. The van der Waals surface area contributed by atoms with Crippen LogP contribution in [0.3, 0.4) is 0 Å². The van der Waals surface area contributed by atoms with Gasteiger partial charge in [-0.15, -0.1) is 0 Å². The maximum atomic E-state index is 4.63. The van der Waals surface area contributed by atoms with Gasteiger partial charge < -0.3 is 12.6 Å². The lowest BCUT2D eigenvalue weighted by molar-refractivity contribution is 1.57. The van der Waals surface area contributed by atoms with Crippen LogP contribution in [-0.2, 0) is 12.6 Å². The third-order valence-corrected chi connectivity index (χ3v) is 1.36. The summed E-state index contributed by atoms with van der Waals surface area (Å²) in [5, 5.41) is 0. The van der Waals surface area contributed by atoms with Crippen LogP contribution in [0, 0.1) is 0 Å². The van der Waals surface area contributed by atoms with Gasteiger partial charge in [0, 0.05) is 0 Å². The van der Waals surface area contributed by atoms with E-state index in [4.69, 9.17) is 0 Å². The normalized spacial score (nSPS) is 8.40. The minimum atomic E-state index is 0.890. The van der Waals surface area contributed by atoms with Crippen LogP contribution in [0.2, 0.25) is 0 Å². The molecule has 0 heterocycles. The van der Waals surface area contributed by atoms with Crippen molar-refractivity contribution in [3.05, 3.63) is 0 Å². The summed E-state index contributed by atoms with van der Waals surface area (Å²) in [4.78, 5) is 0. The van der Waals surface area contributed by atoms with Crippen LogP contribution in [0.15, 0.2) is 0 Å². The van der Waals surface area contributed by atoms with Gasteiger partial charge in [-0.2, -0.15) is 17.5 Å². The summed E-state index contributed by atoms with van der Waals surface area (Å²) in [6, 6.07) is 0. The molecular formula is C3H7S2-. The molecule has 0 nitrogen and oxygen atoms in total. The Bertz CT molecular complexity index is 12.4. The lowest BCUT2D eigenvalue weighted by Gasteiger charge is -1.94. The second kappa shape index (κ2) is 4.70. The second-order valence-electron chi connectivity index (χ2n) is 0.697. The summed E-state index contributed by atoms with van der Waals surface area (Å²) < 4.78 is 0. The smallest absolute Gasteiger partial charge is 0.0185 e. The molecule has 0 aromatic heterocycles. The first kappa shape index (κ1) is 5.70. The summed E-state index contributed by atoms with van der Waals surface area (Å²) in [5.41, 5.74) is 0. The molecule has 0 aromatic rings. The second-order valence-corrected chi connectivity index (χ2v) is 2.09. The lowest BCUT2D eigenvalue weighted by atomic mass is 11.0. The average Bonchev–Trinajstić information content (AvgIpc) is 1.41. The maximum absolute atomic E-state index is 4.63. The van der Waals surface area contributed by atoms with Crippen molar-refractivity contribution in [2.24, 2.45) is 0 Å². The Labute approximate surface area is 42.7 Å². The molecule has 0 aliphatic carbocycles.